The molecule has 14 heavy (non-hydrogen) atoms. The summed E-state index contributed by atoms with van der Waals surface area (Å²) in [5.74, 6) is 0. The van der Waals surface area contributed by atoms with Crippen LogP contribution in [0.5, 0.6) is 0 Å². The first-order chi connectivity index (χ1) is 6.72. The van der Waals surface area contributed by atoms with Gasteiger partial charge in [-0.05, 0) is 48.1 Å². The molecule has 1 aromatic carbocycles. The van der Waals surface area contributed by atoms with Crippen molar-refractivity contribution in [3.63, 3.8) is 0 Å². The van der Waals surface area contributed by atoms with Crippen LogP contribution < -0.4 is 0 Å². The Morgan fingerprint density at radius 1 is 1.43 bits per heavy atom. The average molecular weight is 300 g/mol. The quantitative estimate of drug-likeness (QED) is 0.778. The third-order valence-corrected chi connectivity index (χ3v) is 3.09. The van der Waals surface area contributed by atoms with Gasteiger partial charge < -0.3 is 0 Å². The maximum Gasteiger partial charge on any atom is 0.131 e. The van der Waals surface area contributed by atoms with Crippen molar-refractivity contribution in [2.24, 2.45) is 0 Å². The van der Waals surface area contributed by atoms with E-state index in [4.69, 9.17) is 0 Å². The third-order valence-electron chi connectivity index (χ3n) is 2.30. The van der Waals surface area contributed by atoms with E-state index in [2.05, 4.69) is 64.4 Å². The largest absolute Gasteiger partial charge is 0.264 e. The summed E-state index contributed by atoms with van der Waals surface area (Å²) in [6.45, 7) is 5.30. The van der Waals surface area contributed by atoms with Crippen molar-refractivity contribution in [3.05, 3.63) is 27.5 Å². The summed E-state index contributed by atoms with van der Waals surface area (Å²) >= 11 is 2.30. The molecule has 74 valence electrons. The lowest BCUT2D eigenvalue weighted by atomic mass is 10.2. The molecule has 0 bridgehead atoms. The van der Waals surface area contributed by atoms with E-state index in [9.17, 15) is 0 Å². The van der Waals surface area contributed by atoms with Gasteiger partial charge in [-0.3, -0.25) is 4.68 Å². The van der Waals surface area contributed by atoms with Gasteiger partial charge in [0, 0.05) is 11.9 Å². The Hall–Kier alpha value is -0.580. The van der Waals surface area contributed by atoms with Gasteiger partial charge in [0.2, 0.25) is 0 Å². The monoisotopic (exact) mass is 300 g/mol. The lowest BCUT2D eigenvalue weighted by Crippen LogP contribution is -1.98. The topological polar surface area (TPSA) is 17.8 Å². The maximum absolute atomic E-state index is 4.52. The first-order valence-electron chi connectivity index (χ1n) is 4.85. The minimum Gasteiger partial charge on any atom is -0.264 e. The van der Waals surface area contributed by atoms with Gasteiger partial charge in [-0.2, -0.15) is 5.10 Å². The average Bonchev–Trinajstić information content (AvgIpc) is 2.44. The van der Waals surface area contributed by atoms with Gasteiger partial charge in [0.25, 0.3) is 0 Å². The normalized spacial score (nSPS) is 11.1. The molecule has 0 aliphatic carbocycles. The lowest BCUT2D eigenvalue weighted by Gasteiger charge is -1.99. The molecule has 2 nitrogen and oxygen atoms in total. The van der Waals surface area contributed by atoms with Gasteiger partial charge in [0.1, 0.15) is 3.70 Å². The second kappa shape index (κ2) is 3.88. The molecule has 0 aliphatic rings. The summed E-state index contributed by atoms with van der Waals surface area (Å²) in [7, 11) is 0. The number of aryl methyl sites for hydroxylation is 2. The van der Waals surface area contributed by atoms with Crippen LogP contribution in [0.3, 0.4) is 0 Å². The van der Waals surface area contributed by atoms with E-state index in [0.29, 0.717) is 0 Å². The molecule has 0 amide bonds. The van der Waals surface area contributed by atoms with E-state index < -0.39 is 0 Å². The molecule has 2 aromatic rings. The van der Waals surface area contributed by atoms with Crippen LogP contribution in [0.25, 0.3) is 10.9 Å². The SMILES string of the molecule is CCCn1nc(I)c2cc(C)ccc21. The summed E-state index contributed by atoms with van der Waals surface area (Å²) in [4.78, 5) is 0. The first-order valence-corrected chi connectivity index (χ1v) is 5.93. The molecule has 0 fully saturated rings. The molecule has 3 heteroatoms. The third kappa shape index (κ3) is 1.65. The summed E-state index contributed by atoms with van der Waals surface area (Å²) in [6, 6.07) is 6.51. The first kappa shape index (κ1) is 9.96. The molecule has 2 rings (SSSR count). The summed E-state index contributed by atoms with van der Waals surface area (Å²) in [5, 5.41) is 5.80. The highest BCUT2D eigenvalue weighted by atomic mass is 127. The Labute approximate surface area is 97.4 Å². The lowest BCUT2D eigenvalue weighted by molar-refractivity contribution is 0.618. The Morgan fingerprint density at radius 2 is 2.21 bits per heavy atom. The number of fused-ring (bicyclic) bond motifs is 1. The van der Waals surface area contributed by atoms with Crippen molar-refractivity contribution in [2.45, 2.75) is 26.8 Å². The fraction of sp³-hybridized carbons (Fsp3) is 0.364. The summed E-state index contributed by atoms with van der Waals surface area (Å²) in [5.41, 5.74) is 2.55. The Kier molecular flexibility index (Phi) is 2.76. The van der Waals surface area contributed by atoms with Crippen LogP contribution in [0.15, 0.2) is 18.2 Å². The van der Waals surface area contributed by atoms with Crippen molar-refractivity contribution in [1.82, 2.24) is 9.78 Å². The molecular formula is C11H13IN2. The molecule has 0 unspecified atom stereocenters. The Bertz CT molecular complexity index is 460. The highest BCUT2D eigenvalue weighted by Gasteiger charge is 2.06. The zero-order chi connectivity index (χ0) is 10.1. The minimum atomic E-state index is 1.00. The molecule has 0 N–H and O–H groups in total. The predicted molar refractivity (Wildman–Crippen MR) is 67.5 cm³/mol. The number of rotatable bonds is 2. The minimum absolute atomic E-state index is 1.00. The van der Waals surface area contributed by atoms with E-state index in [-0.39, 0.29) is 0 Å². The van der Waals surface area contributed by atoms with Crippen LogP contribution in [0.1, 0.15) is 18.9 Å². The zero-order valence-electron chi connectivity index (χ0n) is 8.42. The second-order valence-electron chi connectivity index (χ2n) is 3.53. The van der Waals surface area contributed by atoms with Crippen molar-refractivity contribution < 1.29 is 0 Å². The van der Waals surface area contributed by atoms with Crippen LogP contribution in [0.4, 0.5) is 0 Å². The van der Waals surface area contributed by atoms with Gasteiger partial charge in [-0.15, -0.1) is 0 Å². The van der Waals surface area contributed by atoms with Crippen LogP contribution in [0, 0.1) is 10.6 Å². The number of aromatic nitrogens is 2. The van der Waals surface area contributed by atoms with Crippen molar-refractivity contribution in [1.29, 1.82) is 0 Å². The molecule has 0 saturated heterocycles. The highest BCUT2D eigenvalue weighted by molar-refractivity contribution is 14.1. The summed E-state index contributed by atoms with van der Waals surface area (Å²) in [6.07, 6.45) is 1.13. The van der Waals surface area contributed by atoms with Crippen molar-refractivity contribution in [2.75, 3.05) is 0 Å². The smallest absolute Gasteiger partial charge is 0.131 e. The number of halogens is 1. The number of nitrogens with zero attached hydrogens (tertiary/aromatic N) is 2. The molecule has 0 radical (unpaired) electrons. The molecule has 0 saturated carbocycles. The Balaban J connectivity index is 2.65. The van der Waals surface area contributed by atoms with Gasteiger partial charge in [-0.25, -0.2) is 0 Å². The molecule has 0 aliphatic heterocycles. The molecule has 1 aromatic heterocycles. The van der Waals surface area contributed by atoms with E-state index in [1.54, 1.807) is 0 Å². The summed E-state index contributed by atoms with van der Waals surface area (Å²) < 4.78 is 3.20. The van der Waals surface area contributed by atoms with Gasteiger partial charge in [0.15, 0.2) is 0 Å². The highest BCUT2D eigenvalue weighted by Crippen LogP contribution is 2.21. The van der Waals surface area contributed by atoms with Gasteiger partial charge >= 0.3 is 0 Å². The van der Waals surface area contributed by atoms with E-state index in [0.717, 1.165) is 16.7 Å². The standard InChI is InChI=1S/C11H13IN2/c1-3-6-14-10-5-4-8(2)7-9(10)11(12)13-14/h4-5,7H,3,6H2,1-2H3. The van der Waals surface area contributed by atoms with Gasteiger partial charge in [-0.1, -0.05) is 18.6 Å². The van der Waals surface area contributed by atoms with Crippen LogP contribution in [0.2, 0.25) is 0 Å². The number of hydrogen-bond donors (Lipinski definition) is 0. The van der Waals surface area contributed by atoms with Crippen LogP contribution >= 0.6 is 22.6 Å². The van der Waals surface area contributed by atoms with E-state index in [1.807, 2.05) is 0 Å². The van der Waals surface area contributed by atoms with Gasteiger partial charge in [0.05, 0.1) is 5.52 Å². The van der Waals surface area contributed by atoms with E-state index in [1.165, 1.54) is 16.5 Å². The fourth-order valence-electron chi connectivity index (χ4n) is 1.64. The molecular weight excluding hydrogens is 287 g/mol. The van der Waals surface area contributed by atoms with E-state index >= 15 is 0 Å². The van der Waals surface area contributed by atoms with Crippen LogP contribution in [-0.4, -0.2) is 9.78 Å². The van der Waals surface area contributed by atoms with Crippen molar-refractivity contribution in [3.8, 4) is 0 Å². The predicted octanol–water partition coefficient (Wildman–Crippen LogP) is 3.36. The zero-order valence-corrected chi connectivity index (χ0v) is 10.6. The molecule has 0 atom stereocenters. The van der Waals surface area contributed by atoms with Crippen LogP contribution in [-0.2, 0) is 6.54 Å². The Morgan fingerprint density at radius 3 is 2.93 bits per heavy atom. The second-order valence-corrected chi connectivity index (χ2v) is 4.56. The van der Waals surface area contributed by atoms with Crippen molar-refractivity contribution >= 4 is 33.5 Å². The molecule has 1 heterocycles. The maximum atomic E-state index is 4.52. The fourth-order valence-corrected chi connectivity index (χ4v) is 2.33. The number of benzene rings is 1. The number of hydrogen-bond acceptors (Lipinski definition) is 1. The molecule has 0 spiro atoms.